The Morgan fingerprint density at radius 1 is 1.08 bits per heavy atom. The highest BCUT2D eigenvalue weighted by molar-refractivity contribution is 6.33. The zero-order valence-electron chi connectivity index (χ0n) is 12.6. The highest BCUT2D eigenvalue weighted by atomic mass is 35.5. The van der Waals surface area contributed by atoms with Gasteiger partial charge in [-0.3, -0.25) is 4.79 Å². The summed E-state index contributed by atoms with van der Waals surface area (Å²) in [4.78, 5) is 12.2. The fraction of sp³-hybridized carbons (Fsp3) is 0. The summed E-state index contributed by atoms with van der Waals surface area (Å²) in [6, 6.07) is 19.6. The van der Waals surface area contributed by atoms with Gasteiger partial charge in [-0.15, -0.1) is 0 Å². The van der Waals surface area contributed by atoms with Gasteiger partial charge < -0.3 is 4.42 Å². The average Bonchev–Trinajstić information content (AvgIpc) is 3.09. The molecule has 0 N–H and O–H groups in total. The van der Waals surface area contributed by atoms with Gasteiger partial charge in [-0.25, -0.2) is 0 Å². The molecule has 4 heteroatoms. The molecule has 0 saturated carbocycles. The number of carbonyl (C=O) groups is 1. The summed E-state index contributed by atoms with van der Waals surface area (Å²) in [7, 11) is 0. The minimum absolute atomic E-state index is 0.192. The highest BCUT2D eigenvalue weighted by Crippen LogP contribution is 2.29. The van der Waals surface area contributed by atoms with Crippen LogP contribution in [0.5, 0.6) is 0 Å². The molecule has 24 heavy (non-hydrogen) atoms. The fourth-order valence-corrected chi connectivity index (χ4v) is 2.47. The molecule has 0 unspecified atom stereocenters. The van der Waals surface area contributed by atoms with E-state index in [0.717, 1.165) is 5.56 Å². The summed E-state index contributed by atoms with van der Waals surface area (Å²) in [5.41, 5.74) is 1.71. The minimum Gasteiger partial charge on any atom is -0.457 e. The Bertz CT molecular complexity index is 964. The Labute approximate surface area is 144 Å². The summed E-state index contributed by atoms with van der Waals surface area (Å²) < 4.78 is 5.71. The van der Waals surface area contributed by atoms with Crippen LogP contribution in [0, 0.1) is 11.3 Å². The molecule has 3 rings (SSSR count). The van der Waals surface area contributed by atoms with Crippen LogP contribution in [0.4, 0.5) is 0 Å². The number of halogens is 1. The summed E-state index contributed by atoms with van der Waals surface area (Å²) in [5.74, 6) is 0.997. The molecule has 0 aliphatic carbocycles. The highest BCUT2D eigenvalue weighted by Gasteiger charge is 2.07. The molecule has 0 saturated heterocycles. The Morgan fingerprint density at radius 3 is 2.71 bits per heavy atom. The fourth-order valence-electron chi connectivity index (χ4n) is 2.24. The van der Waals surface area contributed by atoms with Crippen LogP contribution in [0.1, 0.15) is 21.7 Å². The van der Waals surface area contributed by atoms with E-state index in [-0.39, 0.29) is 5.78 Å². The van der Waals surface area contributed by atoms with Crippen molar-refractivity contribution in [2.75, 3.05) is 0 Å². The van der Waals surface area contributed by atoms with Crippen LogP contribution in [0.2, 0.25) is 5.02 Å². The van der Waals surface area contributed by atoms with E-state index in [1.807, 2.05) is 30.3 Å². The van der Waals surface area contributed by atoms with Gasteiger partial charge >= 0.3 is 0 Å². The van der Waals surface area contributed by atoms with Crippen molar-refractivity contribution in [1.29, 1.82) is 5.26 Å². The number of ketones is 1. The van der Waals surface area contributed by atoms with Crippen LogP contribution in [0.3, 0.4) is 0 Å². The van der Waals surface area contributed by atoms with Crippen LogP contribution in [0.15, 0.2) is 71.2 Å². The molecule has 2 aromatic carbocycles. The Balaban J connectivity index is 1.79. The average molecular weight is 334 g/mol. The van der Waals surface area contributed by atoms with Gasteiger partial charge in [-0.05, 0) is 48.6 Å². The zero-order chi connectivity index (χ0) is 16.9. The molecule has 0 fully saturated rings. The SMILES string of the molecule is N#Cc1cccc(C(=O)C=Cc2ccc(-c3ccccc3Cl)o2)c1. The Morgan fingerprint density at radius 2 is 1.92 bits per heavy atom. The van der Waals surface area contributed by atoms with Crippen LogP contribution in [-0.4, -0.2) is 5.78 Å². The van der Waals surface area contributed by atoms with Crippen LogP contribution in [0.25, 0.3) is 17.4 Å². The predicted molar refractivity (Wildman–Crippen MR) is 93.7 cm³/mol. The maximum atomic E-state index is 12.2. The van der Waals surface area contributed by atoms with E-state index < -0.39 is 0 Å². The largest absolute Gasteiger partial charge is 0.457 e. The molecule has 0 amide bonds. The third-order valence-electron chi connectivity index (χ3n) is 3.44. The van der Waals surface area contributed by atoms with E-state index in [0.29, 0.717) is 27.7 Å². The van der Waals surface area contributed by atoms with Crippen molar-refractivity contribution in [3.63, 3.8) is 0 Å². The number of furan rings is 1. The van der Waals surface area contributed by atoms with Crippen molar-refractivity contribution < 1.29 is 9.21 Å². The van der Waals surface area contributed by atoms with Crippen LogP contribution in [-0.2, 0) is 0 Å². The first kappa shape index (κ1) is 15.8. The van der Waals surface area contributed by atoms with Gasteiger partial charge in [-0.2, -0.15) is 5.26 Å². The number of nitrogens with zero attached hydrogens (tertiary/aromatic N) is 1. The van der Waals surface area contributed by atoms with Crippen molar-refractivity contribution >= 4 is 23.5 Å². The van der Waals surface area contributed by atoms with E-state index in [1.54, 1.807) is 42.5 Å². The molecule has 1 aromatic heterocycles. The second-order valence-corrected chi connectivity index (χ2v) is 5.48. The molecule has 0 atom stereocenters. The van der Waals surface area contributed by atoms with Crippen molar-refractivity contribution in [3.05, 3.63) is 88.6 Å². The summed E-state index contributed by atoms with van der Waals surface area (Å²) in [5, 5.41) is 9.48. The first-order valence-corrected chi connectivity index (χ1v) is 7.62. The topological polar surface area (TPSA) is 54.0 Å². The summed E-state index contributed by atoms with van der Waals surface area (Å²) in [6.45, 7) is 0. The molecular weight excluding hydrogens is 322 g/mol. The molecular formula is C20H12ClNO2. The predicted octanol–water partition coefficient (Wildman–Crippen LogP) is 5.37. The lowest BCUT2D eigenvalue weighted by molar-refractivity contribution is 0.104. The number of carbonyl (C=O) groups excluding carboxylic acids is 1. The van der Waals surface area contributed by atoms with Gasteiger partial charge in [0.2, 0.25) is 0 Å². The monoisotopic (exact) mass is 333 g/mol. The van der Waals surface area contributed by atoms with Gasteiger partial charge in [0.05, 0.1) is 16.7 Å². The molecule has 3 nitrogen and oxygen atoms in total. The quantitative estimate of drug-likeness (QED) is 0.476. The second kappa shape index (κ2) is 6.99. The molecule has 0 aliphatic heterocycles. The maximum absolute atomic E-state index is 12.2. The molecule has 3 aromatic rings. The number of benzene rings is 2. The van der Waals surface area contributed by atoms with Gasteiger partial charge in [-0.1, -0.05) is 35.9 Å². The standard InChI is InChI=1S/C20H12ClNO2/c21-18-7-2-1-6-17(18)20-11-9-16(24-20)8-10-19(23)15-5-3-4-14(12-15)13-22/h1-12H. The van der Waals surface area contributed by atoms with Crippen LogP contribution < -0.4 is 0 Å². The van der Waals surface area contributed by atoms with Gasteiger partial charge in [0, 0.05) is 11.1 Å². The number of hydrogen-bond donors (Lipinski definition) is 0. The van der Waals surface area contributed by atoms with Crippen molar-refractivity contribution in [1.82, 2.24) is 0 Å². The molecule has 0 aliphatic rings. The summed E-state index contributed by atoms with van der Waals surface area (Å²) >= 11 is 6.15. The number of allylic oxidation sites excluding steroid dienone is 1. The smallest absolute Gasteiger partial charge is 0.186 e. The first-order chi connectivity index (χ1) is 11.7. The number of nitriles is 1. The molecule has 0 bridgehead atoms. The normalized spacial score (nSPS) is 10.7. The van der Waals surface area contributed by atoms with Gasteiger partial charge in [0.1, 0.15) is 11.5 Å². The van der Waals surface area contributed by atoms with E-state index in [9.17, 15) is 4.79 Å². The lowest BCUT2D eigenvalue weighted by Gasteiger charge is -1.99. The van der Waals surface area contributed by atoms with Crippen molar-refractivity contribution in [2.24, 2.45) is 0 Å². The first-order valence-electron chi connectivity index (χ1n) is 7.25. The number of rotatable bonds is 4. The zero-order valence-corrected chi connectivity index (χ0v) is 13.3. The van der Waals surface area contributed by atoms with Crippen molar-refractivity contribution in [3.8, 4) is 17.4 Å². The van der Waals surface area contributed by atoms with E-state index in [4.69, 9.17) is 21.3 Å². The summed E-state index contributed by atoms with van der Waals surface area (Å²) in [6.07, 6.45) is 3.02. The minimum atomic E-state index is -0.192. The molecule has 0 spiro atoms. The van der Waals surface area contributed by atoms with E-state index >= 15 is 0 Å². The van der Waals surface area contributed by atoms with Gasteiger partial charge in [0.25, 0.3) is 0 Å². The maximum Gasteiger partial charge on any atom is 0.186 e. The lowest BCUT2D eigenvalue weighted by Crippen LogP contribution is -1.94. The Kier molecular flexibility index (Phi) is 4.60. The van der Waals surface area contributed by atoms with E-state index in [2.05, 4.69) is 0 Å². The number of hydrogen-bond acceptors (Lipinski definition) is 3. The third-order valence-corrected chi connectivity index (χ3v) is 3.77. The molecule has 1 heterocycles. The molecule has 116 valence electrons. The van der Waals surface area contributed by atoms with Crippen LogP contribution >= 0.6 is 11.6 Å². The molecule has 0 radical (unpaired) electrons. The second-order valence-electron chi connectivity index (χ2n) is 5.07. The lowest BCUT2D eigenvalue weighted by atomic mass is 10.1. The Hall–Kier alpha value is -3.09. The third kappa shape index (κ3) is 3.45. The van der Waals surface area contributed by atoms with E-state index in [1.165, 1.54) is 6.08 Å². The van der Waals surface area contributed by atoms with Gasteiger partial charge in [0.15, 0.2) is 5.78 Å². The van der Waals surface area contributed by atoms with Crippen molar-refractivity contribution in [2.45, 2.75) is 0 Å².